The molecule has 1 aromatic carbocycles. The van der Waals surface area contributed by atoms with Gasteiger partial charge in [0.2, 0.25) is 0 Å². The molecular weight excluding hydrogens is 501 g/mol. The summed E-state index contributed by atoms with van der Waals surface area (Å²) in [5.74, 6) is 0.922. The Morgan fingerprint density at radius 1 is 1.00 bits per heavy atom. The van der Waals surface area contributed by atoms with Crippen LogP contribution in [0, 0.1) is 0 Å². The van der Waals surface area contributed by atoms with Gasteiger partial charge in [0.1, 0.15) is 0 Å². The fourth-order valence-electron chi connectivity index (χ4n) is 3.66. The van der Waals surface area contributed by atoms with E-state index >= 15 is 0 Å². The van der Waals surface area contributed by atoms with Crippen molar-refractivity contribution in [3.63, 3.8) is 0 Å². The monoisotopic (exact) mass is 545 g/mol. The van der Waals surface area contributed by atoms with E-state index in [0.717, 1.165) is 51.9 Å². The zero-order chi connectivity index (χ0) is 21.4. The minimum Gasteiger partial charge on any atom is -0.379 e. The fourth-order valence-corrected chi connectivity index (χ4v) is 3.66. The molecule has 2 N–H and O–H groups in total. The van der Waals surface area contributed by atoms with Crippen LogP contribution >= 0.6 is 24.0 Å². The van der Waals surface area contributed by atoms with Crippen molar-refractivity contribution in [1.82, 2.24) is 20.4 Å². The zero-order valence-corrected chi connectivity index (χ0v) is 22.2. The third-order valence-electron chi connectivity index (χ3n) is 5.44. The van der Waals surface area contributed by atoms with E-state index in [1.807, 2.05) is 0 Å². The van der Waals surface area contributed by atoms with Gasteiger partial charge in [0.15, 0.2) is 5.96 Å². The molecular formula is C24H44IN5O. The molecule has 31 heavy (non-hydrogen) atoms. The molecule has 1 aromatic rings. The highest BCUT2D eigenvalue weighted by atomic mass is 127. The maximum atomic E-state index is 5.47. The highest BCUT2D eigenvalue weighted by Crippen LogP contribution is 2.14. The van der Waals surface area contributed by atoms with Crippen molar-refractivity contribution in [3.05, 3.63) is 35.4 Å². The van der Waals surface area contributed by atoms with E-state index in [-0.39, 0.29) is 24.0 Å². The van der Waals surface area contributed by atoms with E-state index in [0.29, 0.717) is 6.54 Å². The highest BCUT2D eigenvalue weighted by Gasteiger charge is 2.12. The highest BCUT2D eigenvalue weighted by molar-refractivity contribution is 14.0. The van der Waals surface area contributed by atoms with Crippen LogP contribution in [0.3, 0.4) is 0 Å². The van der Waals surface area contributed by atoms with Gasteiger partial charge in [-0.1, -0.05) is 43.5 Å². The summed E-state index contributed by atoms with van der Waals surface area (Å²) >= 11 is 0. The lowest BCUT2D eigenvalue weighted by Crippen LogP contribution is -2.37. The Labute approximate surface area is 207 Å². The van der Waals surface area contributed by atoms with Crippen LogP contribution in [0.1, 0.15) is 50.2 Å². The number of unbranched alkanes of at least 4 members (excludes halogenated alkanes) is 4. The van der Waals surface area contributed by atoms with E-state index in [2.05, 4.69) is 65.7 Å². The summed E-state index contributed by atoms with van der Waals surface area (Å²) in [7, 11) is 4.29. The predicted octanol–water partition coefficient (Wildman–Crippen LogP) is 3.70. The molecule has 1 heterocycles. The number of guanidine groups is 1. The van der Waals surface area contributed by atoms with Crippen molar-refractivity contribution in [1.29, 1.82) is 0 Å². The summed E-state index contributed by atoms with van der Waals surface area (Å²) in [5, 5.41) is 6.89. The van der Waals surface area contributed by atoms with Crippen molar-refractivity contribution in [2.45, 2.75) is 52.1 Å². The molecule has 1 saturated heterocycles. The maximum absolute atomic E-state index is 5.47. The summed E-state index contributed by atoms with van der Waals surface area (Å²) < 4.78 is 5.47. The lowest BCUT2D eigenvalue weighted by molar-refractivity contribution is 0.0341. The zero-order valence-electron chi connectivity index (χ0n) is 19.9. The Hall–Kier alpha value is -0.900. The van der Waals surface area contributed by atoms with Crippen LogP contribution in [0.2, 0.25) is 0 Å². The van der Waals surface area contributed by atoms with Gasteiger partial charge in [0.25, 0.3) is 0 Å². The van der Waals surface area contributed by atoms with E-state index in [9.17, 15) is 0 Å². The van der Waals surface area contributed by atoms with Gasteiger partial charge < -0.3 is 20.3 Å². The maximum Gasteiger partial charge on any atom is 0.191 e. The van der Waals surface area contributed by atoms with Gasteiger partial charge in [-0.3, -0.25) is 4.90 Å². The van der Waals surface area contributed by atoms with E-state index < -0.39 is 0 Å². The molecule has 1 aliphatic rings. The number of benzene rings is 1. The Bertz CT molecular complexity index is 605. The molecule has 0 saturated carbocycles. The molecule has 0 spiro atoms. The third-order valence-corrected chi connectivity index (χ3v) is 5.44. The second-order valence-electron chi connectivity index (χ2n) is 8.35. The topological polar surface area (TPSA) is 52.1 Å². The Morgan fingerprint density at radius 2 is 1.68 bits per heavy atom. The second-order valence-corrected chi connectivity index (χ2v) is 8.35. The number of aliphatic imine (C=N–C) groups is 1. The van der Waals surface area contributed by atoms with Crippen LogP contribution < -0.4 is 10.6 Å². The van der Waals surface area contributed by atoms with Gasteiger partial charge in [0.05, 0.1) is 19.8 Å². The molecule has 0 aromatic heterocycles. The van der Waals surface area contributed by atoms with Gasteiger partial charge in [-0.25, -0.2) is 4.99 Å². The molecule has 0 atom stereocenters. The number of ether oxygens (including phenoxy) is 1. The summed E-state index contributed by atoms with van der Waals surface area (Å²) in [6.45, 7) is 10.6. The third kappa shape index (κ3) is 12.7. The van der Waals surface area contributed by atoms with Crippen LogP contribution in [-0.4, -0.2) is 75.8 Å². The first-order valence-corrected chi connectivity index (χ1v) is 11.7. The van der Waals surface area contributed by atoms with Crippen molar-refractivity contribution in [2.24, 2.45) is 4.99 Å². The Kier molecular flexibility index (Phi) is 16.0. The quantitative estimate of drug-likeness (QED) is 0.171. The minimum atomic E-state index is 0. The van der Waals surface area contributed by atoms with Gasteiger partial charge in [0, 0.05) is 32.7 Å². The average molecular weight is 546 g/mol. The standard InChI is InChI=1S/C24H43N5O.HI/c1-4-25-24(26-14-10-6-5-7-11-15-28(2)3)27-20-22-12-8-9-13-23(22)21-29-16-18-30-19-17-29;/h8-9,12-13H,4-7,10-11,14-21H2,1-3H3,(H2,25,26,27);1H. The van der Waals surface area contributed by atoms with E-state index in [4.69, 9.17) is 9.73 Å². The number of nitrogens with one attached hydrogen (secondary N) is 2. The van der Waals surface area contributed by atoms with Crippen LogP contribution in [-0.2, 0) is 17.8 Å². The SMILES string of the molecule is CCNC(=NCc1ccccc1CN1CCOCC1)NCCCCCCCN(C)C.I. The van der Waals surface area contributed by atoms with Crippen LogP contribution in [0.15, 0.2) is 29.3 Å². The Balaban J connectivity index is 0.00000480. The first kappa shape index (κ1) is 28.1. The van der Waals surface area contributed by atoms with Crippen LogP contribution in [0.5, 0.6) is 0 Å². The number of nitrogens with zero attached hydrogens (tertiary/aromatic N) is 3. The van der Waals surface area contributed by atoms with Crippen LogP contribution in [0.4, 0.5) is 0 Å². The molecule has 0 radical (unpaired) electrons. The first-order valence-electron chi connectivity index (χ1n) is 11.7. The molecule has 178 valence electrons. The smallest absolute Gasteiger partial charge is 0.191 e. The average Bonchev–Trinajstić information content (AvgIpc) is 2.75. The summed E-state index contributed by atoms with van der Waals surface area (Å²) in [5.41, 5.74) is 2.68. The van der Waals surface area contributed by atoms with Crippen molar-refractivity contribution >= 4 is 29.9 Å². The summed E-state index contributed by atoms with van der Waals surface area (Å²) in [4.78, 5) is 9.58. The van der Waals surface area contributed by atoms with Crippen molar-refractivity contribution < 1.29 is 4.74 Å². The van der Waals surface area contributed by atoms with Gasteiger partial charge in [-0.05, 0) is 51.5 Å². The molecule has 7 heteroatoms. The largest absolute Gasteiger partial charge is 0.379 e. The van der Waals surface area contributed by atoms with E-state index in [1.165, 1.54) is 49.8 Å². The number of morpholine rings is 1. The molecule has 1 aliphatic heterocycles. The number of hydrogen-bond donors (Lipinski definition) is 2. The first-order chi connectivity index (χ1) is 14.7. The lowest BCUT2D eigenvalue weighted by atomic mass is 10.1. The summed E-state index contributed by atoms with van der Waals surface area (Å²) in [6.07, 6.45) is 6.42. The summed E-state index contributed by atoms with van der Waals surface area (Å²) in [6, 6.07) is 8.68. The molecule has 1 fully saturated rings. The molecule has 6 nitrogen and oxygen atoms in total. The fraction of sp³-hybridized carbons (Fsp3) is 0.708. The van der Waals surface area contributed by atoms with Crippen molar-refractivity contribution in [3.8, 4) is 0 Å². The number of hydrogen-bond acceptors (Lipinski definition) is 4. The molecule has 0 unspecified atom stereocenters. The molecule has 0 bridgehead atoms. The molecule has 0 amide bonds. The minimum absolute atomic E-state index is 0. The van der Waals surface area contributed by atoms with Gasteiger partial charge in [-0.2, -0.15) is 0 Å². The van der Waals surface area contributed by atoms with Crippen LogP contribution in [0.25, 0.3) is 0 Å². The Morgan fingerprint density at radius 3 is 2.39 bits per heavy atom. The van der Waals surface area contributed by atoms with E-state index in [1.54, 1.807) is 0 Å². The lowest BCUT2D eigenvalue weighted by Gasteiger charge is -2.27. The van der Waals surface area contributed by atoms with Gasteiger partial charge >= 0.3 is 0 Å². The van der Waals surface area contributed by atoms with Crippen molar-refractivity contribution in [2.75, 3.05) is 60.0 Å². The number of rotatable bonds is 13. The molecule has 0 aliphatic carbocycles. The molecule has 2 rings (SSSR count). The predicted molar refractivity (Wildman–Crippen MR) is 142 cm³/mol. The number of halogens is 1. The normalized spacial score (nSPS) is 15.0. The van der Waals surface area contributed by atoms with Gasteiger partial charge in [-0.15, -0.1) is 24.0 Å². The second kappa shape index (κ2) is 17.6.